The molecule has 1 aliphatic rings. The van der Waals surface area contributed by atoms with Crippen LogP contribution in [0.15, 0.2) is 48.5 Å². The predicted octanol–water partition coefficient (Wildman–Crippen LogP) is 3.96. The molecule has 1 aliphatic heterocycles. The second kappa shape index (κ2) is 10.2. The van der Waals surface area contributed by atoms with Gasteiger partial charge in [-0.2, -0.15) is 0 Å². The number of benzene rings is 2. The minimum atomic E-state index is -0.586. The number of amides is 1. The van der Waals surface area contributed by atoms with E-state index in [-0.39, 0.29) is 12.0 Å². The lowest BCUT2D eigenvalue weighted by Gasteiger charge is -2.29. The van der Waals surface area contributed by atoms with Gasteiger partial charge in [0.15, 0.2) is 6.10 Å². The van der Waals surface area contributed by atoms with Gasteiger partial charge >= 0.3 is 0 Å². The molecule has 156 valence electrons. The third kappa shape index (κ3) is 6.12. The van der Waals surface area contributed by atoms with Crippen molar-refractivity contribution in [1.82, 2.24) is 4.90 Å². The third-order valence-corrected chi connectivity index (χ3v) is 5.07. The molecular weight excluding hydrogens is 368 g/mol. The number of piperidine rings is 1. The molecule has 0 aliphatic carbocycles. The van der Waals surface area contributed by atoms with Gasteiger partial charge < -0.3 is 24.4 Å². The minimum absolute atomic E-state index is 0.181. The largest absolute Gasteiger partial charge is 0.497 e. The maximum atomic E-state index is 12.6. The highest BCUT2D eigenvalue weighted by Gasteiger charge is 2.20. The molecule has 1 atom stereocenters. The van der Waals surface area contributed by atoms with Crippen molar-refractivity contribution >= 4 is 11.6 Å². The Labute approximate surface area is 172 Å². The summed E-state index contributed by atoms with van der Waals surface area (Å²) in [5.41, 5.74) is 0.721. The third-order valence-electron chi connectivity index (χ3n) is 5.07. The fourth-order valence-corrected chi connectivity index (χ4v) is 3.30. The van der Waals surface area contributed by atoms with E-state index in [1.807, 2.05) is 49.4 Å². The first-order valence-corrected chi connectivity index (χ1v) is 10.1. The lowest BCUT2D eigenvalue weighted by molar-refractivity contribution is -0.122. The average Bonchev–Trinajstić information content (AvgIpc) is 2.75. The molecule has 0 saturated carbocycles. The summed E-state index contributed by atoms with van der Waals surface area (Å²) in [6, 6.07) is 14.8. The topological polar surface area (TPSA) is 60.0 Å². The molecule has 2 aromatic rings. The lowest BCUT2D eigenvalue weighted by atomic mass is 10.1. The van der Waals surface area contributed by atoms with E-state index < -0.39 is 6.10 Å². The Balaban J connectivity index is 1.54. The number of ether oxygens (including phenoxy) is 3. The molecule has 2 aromatic carbocycles. The molecule has 1 N–H and O–H groups in total. The highest BCUT2D eigenvalue weighted by atomic mass is 16.5. The molecule has 0 spiro atoms. The number of nitrogens with one attached hydrogen (secondary N) is 1. The van der Waals surface area contributed by atoms with Crippen LogP contribution >= 0.6 is 0 Å². The molecule has 29 heavy (non-hydrogen) atoms. The molecule has 6 nitrogen and oxygen atoms in total. The van der Waals surface area contributed by atoms with Crippen LogP contribution in [-0.4, -0.2) is 50.3 Å². The van der Waals surface area contributed by atoms with E-state index in [0.717, 1.165) is 37.4 Å². The van der Waals surface area contributed by atoms with Crippen LogP contribution < -0.4 is 19.5 Å². The van der Waals surface area contributed by atoms with Crippen molar-refractivity contribution < 1.29 is 19.0 Å². The first-order valence-electron chi connectivity index (χ1n) is 10.1. The van der Waals surface area contributed by atoms with Gasteiger partial charge in [0.1, 0.15) is 23.4 Å². The fourth-order valence-electron chi connectivity index (χ4n) is 3.30. The second-order valence-electron chi connectivity index (χ2n) is 7.33. The summed E-state index contributed by atoms with van der Waals surface area (Å²) in [5, 5.41) is 2.92. The van der Waals surface area contributed by atoms with Crippen molar-refractivity contribution in [3.63, 3.8) is 0 Å². The van der Waals surface area contributed by atoms with Gasteiger partial charge in [-0.15, -0.1) is 0 Å². The lowest BCUT2D eigenvalue weighted by Crippen LogP contribution is -2.35. The zero-order chi connectivity index (χ0) is 20.6. The smallest absolute Gasteiger partial charge is 0.265 e. The van der Waals surface area contributed by atoms with E-state index >= 15 is 0 Å². The number of methoxy groups -OCH3 is 1. The molecular formula is C23H30N2O4. The van der Waals surface area contributed by atoms with E-state index in [2.05, 4.69) is 17.3 Å². The maximum Gasteiger partial charge on any atom is 0.265 e. The van der Waals surface area contributed by atoms with Gasteiger partial charge in [-0.25, -0.2) is 0 Å². The van der Waals surface area contributed by atoms with E-state index in [9.17, 15) is 4.79 Å². The van der Waals surface area contributed by atoms with E-state index in [4.69, 9.17) is 14.2 Å². The van der Waals surface area contributed by atoms with Gasteiger partial charge in [0.25, 0.3) is 5.91 Å². The molecule has 0 radical (unpaired) electrons. The van der Waals surface area contributed by atoms with Crippen LogP contribution in [0.3, 0.4) is 0 Å². The van der Waals surface area contributed by atoms with Crippen molar-refractivity contribution in [2.75, 3.05) is 32.6 Å². The summed E-state index contributed by atoms with van der Waals surface area (Å²) in [5.74, 6) is 1.95. The maximum absolute atomic E-state index is 12.6. The molecule has 1 heterocycles. The Morgan fingerprint density at radius 3 is 2.45 bits per heavy atom. The van der Waals surface area contributed by atoms with Gasteiger partial charge in [-0.3, -0.25) is 4.79 Å². The van der Waals surface area contributed by atoms with Crippen molar-refractivity contribution in [3.8, 4) is 17.2 Å². The Morgan fingerprint density at radius 2 is 1.79 bits per heavy atom. The van der Waals surface area contributed by atoms with E-state index in [1.54, 1.807) is 13.2 Å². The monoisotopic (exact) mass is 398 g/mol. The molecule has 6 heteroatoms. The normalized spacial score (nSPS) is 16.1. The Kier molecular flexibility index (Phi) is 7.36. The summed E-state index contributed by atoms with van der Waals surface area (Å²) in [4.78, 5) is 14.9. The average molecular weight is 399 g/mol. The summed E-state index contributed by atoms with van der Waals surface area (Å²) < 4.78 is 17.1. The molecule has 1 amide bonds. The Bertz CT molecular complexity index is 786. The minimum Gasteiger partial charge on any atom is -0.497 e. The molecule has 1 saturated heterocycles. The van der Waals surface area contributed by atoms with Gasteiger partial charge in [-0.05, 0) is 62.7 Å². The fraction of sp³-hybridized carbons (Fsp3) is 0.435. The van der Waals surface area contributed by atoms with Crippen molar-refractivity contribution in [1.29, 1.82) is 0 Å². The van der Waals surface area contributed by atoms with Crippen LogP contribution in [0.5, 0.6) is 17.2 Å². The van der Waals surface area contributed by atoms with E-state index in [0.29, 0.717) is 17.9 Å². The first kappa shape index (κ1) is 21.0. The molecule has 3 rings (SSSR count). The van der Waals surface area contributed by atoms with Crippen LogP contribution in [0.25, 0.3) is 0 Å². The van der Waals surface area contributed by atoms with Crippen molar-refractivity contribution in [3.05, 3.63) is 48.5 Å². The summed E-state index contributed by atoms with van der Waals surface area (Å²) in [7, 11) is 3.73. The van der Waals surface area contributed by atoms with Gasteiger partial charge in [0.2, 0.25) is 0 Å². The van der Waals surface area contributed by atoms with Crippen molar-refractivity contribution in [2.24, 2.45) is 0 Å². The number of hydrogen-bond acceptors (Lipinski definition) is 5. The SMILES string of the molecule is CC[C@@H](Oc1cccc(OC)c1)C(=O)Nc1ccc(OC2CCN(C)CC2)cc1. The number of likely N-dealkylation sites (tertiary alicyclic amines) is 1. The Hall–Kier alpha value is -2.73. The second-order valence-corrected chi connectivity index (χ2v) is 7.33. The van der Waals surface area contributed by atoms with Crippen LogP contribution in [0.2, 0.25) is 0 Å². The van der Waals surface area contributed by atoms with Gasteiger partial charge in [0.05, 0.1) is 7.11 Å². The summed E-state index contributed by atoms with van der Waals surface area (Å²) >= 11 is 0. The number of carbonyl (C=O) groups is 1. The zero-order valence-electron chi connectivity index (χ0n) is 17.4. The van der Waals surface area contributed by atoms with Crippen LogP contribution in [0.4, 0.5) is 5.69 Å². The molecule has 0 aromatic heterocycles. The molecule has 0 bridgehead atoms. The predicted molar refractivity (Wildman–Crippen MR) is 114 cm³/mol. The highest BCUT2D eigenvalue weighted by molar-refractivity contribution is 5.94. The number of nitrogens with zero attached hydrogens (tertiary/aromatic N) is 1. The van der Waals surface area contributed by atoms with Gasteiger partial charge in [0, 0.05) is 24.8 Å². The van der Waals surface area contributed by atoms with E-state index in [1.165, 1.54) is 0 Å². The number of anilines is 1. The molecule has 0 unspecified atom stereocenters. The number of rotatable bonds is 8. The zero-order valence-corrected chi connectivity index (χ0v) is 17.4. The quantitative estimate of drug-likeness (QED) is 0.729. The summed E-state index contributed by atoms with van der Waals surface area (Å²) in [6.07, 6.45) is 2.30. The van der Waals surface area contributed by atoms with Gasteiger partial charge in [-0.1, -0.05) is 13.0 Å². The van der Waals surface area contributed by atoms with Crippen molar-refractivity contribution in [2.45, 2.75) is 38.4 Å². The highest BCUT2D eigenvalue weighted by Crippen LogP contribution is 2.23. The number of hydrogen-bond donors (Lipinski definition) is 1. The summed E-state index contributed by atoms with van der Waals surface area (Å²) in [6.45, 7) is 4.04. The Morgan fingerprint density at radius 1 is 1.10 bits per heavy atom. The first-order chi connectivity index (χ1) is 14.1. The van der Waals surface area contributed by atoms with Crippen LogP contribution in [0.1, 0.15) is 26.2 Å². The van der Waals surface area contributed by atoms with Crippen LogP contribution in [-0.2, 0) is 4.79 Å². The standard InChI is InChI=1S/C23H30N2O4/c1-4-22(29-21-7-5-6-20(16-21)27-3)23(26)24-17-8-10-18(11-9-17)28-19-12-14-25(2)15-13-19/h5-11,16,19,22H,4,12-15H2,1-3H3,(H,24,26)/t22-/m1/s1. The molecule has 1 fully saturated rings. The van der Waals surface area contributed by atoms with Crippen LogP contribution in [0, 0.1) is 0 Å². The number of carbonyl (C=O) groups excluding carboxylic acids is 1.